The zero-order chi connectivity index (χ0) is 15.5. The summed E-state index contributed by atoms with van der Waals surface area (Å²) in [5, 5.41) is 10.7. The number of nitrogens with one attached hydrogen (secondary N) is 1. The number of nitro groups is 1. The first-order valence-electron chi connectivity index (χ1n) is 5.69. The summed E-state index contributed by atoms with van der Waals surface area (Å²) in [5.74, 6) is -0.344. The third-order valence-corrected chi connectivity index (χ3v) is 3.92. The quantitative estimate of drug-likeness (QED) is 0.603. The summed E-state index contributed by atoms with van der Waals surface area (Å²) >= 11 is 0. The molecule has 0 atom stereocenters. The topological polar surface area (TPSA) is 141 Å². The Morgan fingerprint density at radius 1 is 1.33 bits per heavy atom. The number of aromatic nitrogens is 2. The Kier molecular flexibility index (Phi) is 4.10. The van der Waals surface area contributed by atoms with Crippen LogP contribution in [-0.2, 0) is 16.6 Å². The van der Waals surface area contributed by atoms with Gasteiger partial charge in [-0.15, -0.1) is 0 Å². The molecule has 3 N–H and O–H groups in total. The monoisotopic (exact) mass is 309 g/mol. The van der Waals surface area contributed by atoms with Crippen LogP contribution < -0.4 is 10.5 Å². The van der Waals surface area contributed by atoms with E-state index in [2.05, 4.69) is 14.7 Å². The first kappa shape index (κ1) is 14.8. The minimum absolute atomic E-state index is 0.0403. The van der Waals surface area contributed by atoms with Crippen molar-refractivity contribution in [2.75, 3.05) is 5.73 Å². The van der Waals surface area contributed by atoms with Crippen molar-refractivity contribution in [3.05, 3.63) is 52.5 Å². The maximum atomic E-state index is 12.0. The van der Waals surface area contributed by atoms with Gasteiger partial charge in [-0.25, -0.2) is 18.1 Å². The average molecular weight is 309 g/mol. The second kappa shape index (κ2) is 5.81. The van der Waals surface area contributed by atoms with E-state index in [1.54, 1.807) is 18.2 Å². The summed E-state index contributed by atoms with van der Waals surface area (Å²) in [4.78, 5) is 17.1. The number of pyridine rings is 2. The number of sulfonamides is 1. The molecule has 2 rings (SSSR count). The van der Waals surface area contributed by atoms with E-state index < -0.39 is 20.6 Å². The largest absolute Gasteiger partial charge is 0.378 e. The van der Waals surface area contributed by atoms with E-state index >= 15 is 0 Å². The fraction of sp³-hybridized carbons (Fsp3) is 0.0909. The molecule has 10 heteroatoms. The highest BCUT2D eigenvalue weighted by atomic mass is 32.2. The lowest BCUT2D eigenvalue weighted by molar-refractivity contribution is -0.384. The number of anilines is 1. The summed E-state index contributed by atoms with van der Waals surface area (Å²) in [6.07, 6.45) is 2.49. The van der Waals surface area contributed by atoms with Crippen LogP contribution in [0.2, 0.25) is 0 Å². The molecule has 0 amide bonds. The van der Waals surface area contributed by atoms with Crippen molar-refractivity contribution < 1.29 is 13.3 Å². The van der Waals surface area contributed by atoms with Crippen LogP contribution in [0.4, 0.5) is 11.5 Å². The number of rotatable bonds is 5. The van der Waals surface area contributed by atoms with Crippen molar-refractivity contribution in [2.45, 2.75) is 11.4 Å². The van der Waals surface area contributed by atoms with Crippen molar-refractivity contribution >= 4 is 21.5 Å². The predicted octanol–water partition coefficient (Wildman–Crippen LogP) is 0.445. The Labute approximate surface area is 120 Å². The van der Waals surface area contributed by atoms with E-state index in [9.17, 15) is 18.5 Å². The second-order valence-electron chi connectivity index (χ2n) is 3.98. The minimum Gasteiger partial charge on any atom is -0.378 e. The number of nitrogens with zero attached hydrogens (tertiary/aromatic N) is 3. The number of nitrogen functional groups attached to an aromatic ring is 1. The third kappa shape index (κ3) is 3.49. The molecule has 2 heterocycles. The molecule has 0 fully saturated rings. The second-order valence-corrected chi connectivity index (χ2v) is 5.75. The molecule has 0 saturated carbocycles. The van der Waals surface area contributed by atoms with Crippen molar-refractivity contribution in [1.82, 2.24) is 14.7 Å². The fourth-order valence-corrected chi connectivity index (χ4v) is 2.46. The molecule has 9 nitrogen and oxygen atoms in total. The van der Waals surface area contributed by atoms with Gasteiger partial charge in [-0.1, -0.05) is 6.07 Å². The molecule has 0 spiro atoms. The summed E-state index contributed by atoms with van der Waals surface area (Å²) < 4.78 is 26.4. The van der Waals surface area contributed by atoms with Crippen LogP contribution in [0.15, 0.2) is 41.6 Å². The number of hydrogen-bond acceptors (Lipinski definition) is 7. The molecule has 2 aromatic heterocycles. The van der Waals surface area contributed by atoms with E-state index in [1.165, 1.54) is 6.20 Å². The summed E-state index contributed by atoms with van der Waals surface area (Å²) in [7, 11) is -3.94. The molecule has 110 valence electrons. The molecular formula is C11H11N5O4S. The van der Waals surface area contributed by atoms with Gasteiger partial charge in [0.2, 0.25) is 15.8 Å². The first-order valence-corrected chi connectivity index (χ1v) is 7.18. The van der Waals surface area contributed by atoms with E-state index in [1.807, 2.05) is 0 Å². The van der Waals surface area contributed by atoms with Crippen molar-refractivity contribution in [3.63, 3.8) is 0 Å². The van der Waals surface area contributed by atoms with E-state index in [0.29, 0.717) is 5.69 Å². The van der Waals surface area contributed by atoms with Gasteiger partial charge in [0.25, 0.3) is 0 Å². The molecule has 0 radical (unpaired) electrons. The number of hydrogen-bond donors (Lipinski definition) is 2. The lowest BCUT2D eigenvalue weighted by atomic mass is 10.4. The van der Waals surface area contributed by atoms with Crippen LogP contribution in [0.1, 0.15) is 5.69 Å². The van der Waals surface area contributed by atoms with Crippen LogP contribution >= 0.6 is 0 Å². The van der Waals surface area contributed by atoms with Gasteiger partial charge < -0.3 is 5.73 Å². The van der Waals surface area contributed by atoms with Gasteiger partial charge in [-0.2, -0.15) is 0 Å². The zero-order valence-corrected chi connectivity index (χ0v) is 11.4. The van der Waals surface area contributed by atoms with E-state index in [-0.39, 0.29) is 17.3 Å². The fourth-order valence-electron chi connectivity index (χ4n) is 1.49. The van der Waals surface area contributed by atoms with E-state index in [0.717, 1.165) is 12.3 Å². The first-order chi connectivity index (χ1) is 9.90. The molecule has 0 aliphatic heterocycles. The summed E-state index contributed by atoms with van der Waals surface area (Å²) in [6, 6.07) is 5.92. The number of nitrogens with two attached hydrogens (primary N) is 1. The molecule has 2 aromatic rings. The third-order valence-electron chi connectivity index (χ3n) is 2.55. The van der Waals surface area contributed by atoms with Gasteiger partial charge in [0.05, 0.1) is 17.2 Å². The smallest absolute Gasteiger partial charge is 0.312 e. The van der Waals surface area contributed by atoms with Crippen LogP contribution in [0.3, 0.4) is 0 Å². The average Bonchev–Trinajstić information content (AvgIpc) is 2.46. The van der Waals surface area contributed by atoms with Gasteiger partial charge in [0.15, 0.2) is 0 Å². The van der Waals surface area contributed by atoms with Crippen molar-refractivity contribution in [3.8, 4) is 0 Å². The van der Waals surface area contributed by atoms with Gasteiger partial charge in [0.1, 0.15) is 4.90 Å². The van der Waals surface area contributed by atoms with Crippen LogP contribution in [0.25, 0.3) is 0 Å². The highest BCUT2D eigenvalue weighted by Gasteiger charge is 2.21. The van der Waals surface area contributed by atoms with Gasteiger partial charge in [-0.3, -0.25) is 15.1 Å². The van der Waals surface area contributed by atoms with Crippen molar-refractivity contribution in [1.29, 1.82) is 0 Å². The molecule has 0 unspecified atom stereocenters. The van der Waals surface area contributed by atoms with Crippen molar-refractivity contribution in [2.24, 2.45) is 0 Å². The Hall–Kier alpha value is -2.59. The molecular weight excluding hydrogens is 298 g/mol. The predicted molar refractivity (Wildman–Crippen MR) is 73.6 cm³/mol. The highest BCUT2D eigenvalue weighted by molar-refractivity contribution is 7.89. The molecule has 21 heavy (non-hydrogen) atoms. The van der Waals surface area contributed by atoms with Crippen LogP contribution in [0.5, 0.6) is 0 Å². The Balaban J connectivity index is 2.24. The Bertz CT molecular complexity index is 763. The van der Waals surface area contributed by atoms with Crippen LogP contribution in [0, 0.1) is 10.1 Å². The highest BCUT2D eigenvalue weighted by Crippen LogP contribution is 2.22. The lowest BCUT2D eigenvalue weighted by Gasteiger charge is -2.06. The molecule has 0 aromatic carbocycles. The lowest BCUT2D eigenvalue weighted by Crippen LogP contribution is -2.24. The molecule has 0 aliphatic rings. The van der Waals surface area contributed by atoms with Gasteiger partial charge >= 0.3 is 5.69 Å². The Morgan fingerprint density at radius 2 is 2.10 bits per heavy atom. The summed E-state index contributed by atoms with van der Waals surface area (Å²) in [5.41, 5.74) is 5.27. The Morgan fingerprint density at radius 3 is 2.71 bits per heavy atom. The van der Waals surface area contributed by atoms with E-state index in [4.69, 9.17) is 5.73 Å². The normalized spacial score (nSPS) is 11.2. The molecule has 0 saturated heterocycles. The summed E-state index contributed by atoms with van der Waals surface area (Å²) in [6.45, 7) is -0.0403. The maximum absolute atomic E-state index is 12.0. The zero-order valence-electron chi connectivity index (χ0n) is 10.6. The van der Waals surface area contributed by atoms with Gasteiger partial charge in [0, 0.05) is 18.5 Å². The minimum atomic E-state index is -3.94. The maximum Gasteiger partial charge on any atom is 0.312 e. The SMILES string of the molecule is Nc1ncc(S(=O)(=O)NCc2ccccn2)cc1[N+](=O)[O-]. The van der Waals surface area contributed by atoms with Gasteiger partial charge in [-0.05, 0) is 12.1 Å². The van der Waals surface area contributed by atoms with Crippen LogP contribution in [-0.4, -0.2) is 23.3 Å². The standard InChI is InChI=1S/C11H11N5O4S/c12-11-10(16(17)18)5-9(7-14-11)21(19,20)15-6-8-3-1-2-4-13-8/h1-5,7,15H,6H2,(H2,12,14). The molecule has 0 bridgehead atoms. The molecule has 0 aliphatic carbocycles.